The number of amides is 1. The van der Waals surface area contributed by atoms with Gasteiger partial charge < -0.3 is 10.2 Å². The number of hydrogen-bond acceptors (Lipinski definition) is 5. The van der Waals surface area contributed by atoms with Crippen molar-refractivity contribution in [1.29, 1.82) is 0 Å². The van der Waals surface area contributed by atoms with Gasteiger partial charge in [-0.2, -0.15) is 0 Å². The zero-order valence-electron chi connectivity index (χ0n) is 17.5. The van der Waals surface area contributed by atoms with Crippen LogP contribution in [-0.2, 0) is 6.54 Å². The summed E-state index contributed by atoms with van der Waals surface area (Å²) >= 11 is 0. The second-order valence-corrected chi connectivity index (χ2v) is 7.91. The maximum absolute atomic E-state index is 13.2. The SMILES string of the molecule is Cc1cncc(C2CCCN(C(=O)c3ccc(C)c(NCc4ccncc4)c3)C2)n1. The first-order chi connectivity index (χ1) is 14.6. The first-order valence-electron chi connectivity index (χ1n) is 10.4. The molecule has 1 fully saturated rings. The number of nitrogens with one attached hydrogen (secondary N) is 1. The van der Waals surface area contributed by atoms with E-state index in [2.05, 4.69) is 27.2 Å². The minimum atomic E-state index is 0.0762. The van der Waals surface area contributed by atoms with E-state index in [1.807, 2.05) is 48.4 Å². The van der Waals surface area contributed by atoms with Gasteiger partial charge in [-0.1, -0.05) is 6.07 Å². The van der Waals surface area contributed by atoms with E-state index in [1.54, 1.807) is 18.6 Å². The van der Waals surface area contributed by atoms with Crippen molar-refractivity contribution in [2.45, 2.75) is 39.2 Å². The number of rotatable bonds is 5. The number of piperidine rings is 1. The van der Waals surface area contributed by atoms with E-state index in [1.165, 1.54) is 0 Å². The van der Waals surface area contributed by atoms with E-state index in [9.17, 15) is 4.79 Å². The Morgan fingerprint density at radius 3 is 2.77 bits per heavy atom. The van der Waals surface area contributed by atoms with Crippen LogP contribution in [0.3, 0.4) is 0 Å². The molecule has 1 aliphatic heterocycles. The molecule has 0 saturated carbocycles. The summed E-state index contributed by atoms with van der Waals surface area (Å²) in [6, 6.07) is 9.87. The monoisotopic (exact) mass is 401 g/mol. The fourth-order valence-electron chi connectivity index (χ4n) is 3.91. The van der Waals surface area contributed by atoms with Gasteiger partial charge in [0.25, 0.3) is 5.91 Å². The third-order valence-electron chi connectivity index (χ3n) is 5.62. The number of nitrogens with zero attached hydrogens (tertiary/aromatic N) is 4. The summed E-state index contributed by atoms with van der Waals surface area (Å²) in [7, 11) is 0. The smallest absolute Gasteiger partial charge is 0.253 e. The molecular formula is C24H27N5O. The van der Waals surface area contributed by atoms with Crippen LogP contribution in [0.25, 0.3) is 0 Å². The second kappa shape index (κ2) is 9.03. The van der Waals surface area contributed by atoms with E-state index >= 15 is 0 Å². The number of pyridine rings is 1. The van der Waals surface area contributed by atoms with Crippen LogP contribution in [0.5, 0.6) is 0 Å². The predicted molar refractivity (Wildman–Crippen MR) is 117 cm³/mol. The van der Waals surface area contributed by atoms with Gasteiger partial charge in [0.2, 0.25) is 0 Å². The van der Waals surface area contributed by atoms with E-state index in [4.69, 9.17) is 0 Å². The first-order valence-corrected chi connectivity index (χ1v) is 10.4. The number of anilines is 1. The zero-order valence-corrected chi connectivity index (χ0v) is 17.5. The van der Waals surface area contributed by atoms with Crippen LogP contribution in [-0.4, -0.2) is 38.8 Å². The minimum absolute atomic E-state index is 0.0762. The number of benzene rings is 1. The fourth-order valence-corrected chi connectivity index (χ4v) is 3.91. The maximum atomic E-state index is 13.2. The highest BCUT2D eigenvalue weighted by atomic mass is 16.2. The van der Waals surface area contributed by atoms with Crippen molar-refractivity contribution in [2.24, 2.45) is 0 Å². The molecule has 2 aromatic heterocycles. The zero-order chi connectivity index (χ0) is 20.9. The van der Waals surface area contributed by atoms with Crippen LogP contribution >= 0.6 is 0 Å². The standard InChI is InChI=1S/C24H27N5O/c1-17-5-6-20(12-22(17)27-14-19-7-9-25-10-8-19)24(30)29-11-3-4-21(16-29)23-15-26-13-18(2)28-23/h5-10,12-13,15,21,27H,3-4,11,14,16H2,1-2H3. The van der Waals surface area contributed by atoms with E-state index < -0.39 is 0 Å². The van der Waals surface area contributed by atoms with Crippen molar-refractivity contribution < 1.29 is 4.79 Å². The molecule has 6 nitrogen and oxygen atoms in total. The summed E-state index contributed by atoms with van der Waals surface area (Å²) < 4.78 is 0. The Labute approximate surface area is 177 Å². The molecule has 30 heavy (non-hydrogen) atoms. The average molecular weight is 402 g/mol. The lowest BCUT2D eigenvalue weighted by molar-refractivity contribution is 0.0706. The van der Waals surface area contributed by atoms with Crippen molar-refractivity contribution >= 4 is 11.6 Å². The summed E-state index contributed by atoms with van der Waals surface area (Å²) in [4.78, 5) is 28.1. The lowest BCUT2D eigenvalue weighted by Gasteiger charge is -2.32. The Balaban J connectivity index is 1.47. The molecule has 3 heterocycles. The number of hydrogen-bond donors (Lipinski definition) is 1. The number of carbonyl (C=O) groups is 1. The minimum Gasteiger partial charge on any atom is -0.381 e. The highest BCUT2D eigenvalue weighted by Crippen LogP contribution is 2.27. The van der Waals surface area contributed by atoms with E-state index in [0.29, 0.717) is 18.7 Å². The van der Waals surface area contributed by atoms with Crippen LogP contribution in [0.15, 0.2) is 55.1 Å². The average Bonchev–Trinajstić information content (AvgIpc) is 2.79. The lowest BCUT2D eigenvalue weighted by Crippen LogP contribution is -2.39. The van der Waals surface area contributed by atoms with Crippen molar-refractivity contribution in [3.8, 4) is 0 Å². The van der Waals surface area contributed by atoms with Crippen LogP contribution in [0.1, 0.15) is 51.6 Å². The molecule has 6 heteroatoms. The van der Waals surface area contributed by atoms with Crippen LogP contribution in [0, 0.1) is 13.8 Å². The van der Waals surface area contributed by atoms with Gasteiger partial charge in [0, 0.05) is 61.6 Å². The van der Waals surface area contributed by atoms with Gasteiger partial charge in [-0.15, -0.1) is 0 Å². The van der Waals surface area contributed by atoms with Gasteiger partial charge in [-0.05, 0) is 62.1 Å². The molecule has 154 valence electrons. The molecule has 1 atom stereocenters. The quantitative estimate of drug-likeness (QED) is 0.696. The molecule has 3 aromatic rings. The van der Waals surface area contributed by atoms with Crippen molar-refractivity contribution in [3.05, 3.63) is 83.2 Å². The molecule has 0 aliphatic carbocycles. The molecule has 1 aromatic carbocycles. The highest BCUT2D eigenvalue weighted by molar-refractivity contribution is 5.95. The maximum Gasteiger partial charge on any atom is 0.253 e. The summed E-state index contributed by atoms with van der Waals surface area (Å²) in [5.74, 6) is 0.317. The highest BCUT2D eigenvalue weighted by Gasteiger charge is 2.26. The predicted octanol–water partition coefficient (Wildman–Crippen LogP) is 4.12. The molecule has 1 unspecified atom stereocenters. The van der Waals surface area contributed by atoms with Crippen molar-refractivity contribution in [3.63, 3.8) is 0 Å². The Bertz CT molecular complexity index is 1020. The molecular weight excluding hydrogens is 374 g/mol. The van der Waals surface area contributed by atoms with Gasteiger partial charge >= 0.3 is 0 Å². The van der Waals surface area contributed by atoms with Crippen molar-refractivity contribution in [1.82, 2.24) is 19.9 Å². The number of aryl methyl sites for hydroxylation is 2. The molecule has 0 spiro atoms. The van der Waals surface area contributed by atoms with Gasteiger partial charge in [0.15, 0.2) is 0 Å². The number of aromatic nitrogens is 3. The van der Waals surface area contributed by atoms with E-state index in [-0.39, 0.29) is 11.8 Å². The third-order valence-corrected chi connectivity index (χ3v) is 5.62. The molecule has 1 saturated heterocycles. The second-order valence-electron chi connectivity index (χ2n) is 7.91. The summed E-state index contributed by atoms with van der Waals surface area (Å²) in [6.45, 7) is 6.16. The van der Waals surface area contributed by atoms with Crippen LogP contribution < -0.4 is 5.32 Å². The topological polar surface area (TPSA) is 71.0 Å². The molecule has 0 radical (unpaired) electrons. The molecule has 1 aliphatic rings. The van der Waals surface area contributed by atoms with E-state index in [0.717, 1.165) is 47.6 Å². The van der Waals surface area contributed by atoms with Crippen LogP contribution in [0.4, 0.5) is 5.69 Å². The van der Waals surface area contributed by atoms with Gasteiger partial charge in [0.05, 0.1) is 11.4 Å². The number of carbonyl (C=O) groups excluding carboxylic acids is 1. The van der Waals surface area contributed by atoms with Gasteiger partial charge in [0.1, 0.15) is 0 Å². The molecule has 4 rings (SSSR count). The molecule has 1 N–H and O–H groups in total. The summed E-state index contributed by atoms with van der Waals surface area (Å²) in [5.41, 5.74) is 5.87. The largest absolute Gasteiger partial charge is 0.381 e. The number of likely N-dealkylation sites (tertiary alicyclic amines) is 1. The Hall–Kier alpha value is -3.28. The van der Waals surface area contributed by atoms with Gasteiger partial charge in [-0.25, -0.2) is 0 Å². The normalized spacial score (nSPS) is 16.3. The summed E-state index contributed by atoms with van der Waals surface area (Å²) in [6.07, 6.45) is 9.19. The summed E-state index contributed by atoms with van der Waals surface area (Å²) in [5, 5.41) is 3.45. The Kier molecular flexibility index (Phi) is 6.02. The van der Waals surface area contributed by atoms with Crippen LogP contribution in [0.2, 0.25) is 0 Å². The Morgan fingerprint density at radius 1 is 1.13 bits per heavy atom. The lowest BCUT2D eigenvalue weighted by atomic mass is 9.94. The molecule has 0 bridgehead atoms. The molecule has 1 amide bonds. The van der Waals surface area contributed by atoms with Crippen molar-refractivity contribution in [2.75, 3.05) is 18.4 Å². The Morgan fingerprint density at radius 2 is 1.97 bits per heavy atom. The first kappa shape index (κ1) is 20.0. The third kappa shape index (κ3) is 4.64. The van der Waals surface area contributed by atoms with Gasteiger partial charge in [-0.3, -0.25) is 19.7 Å². The fraction of sp³-hybridized carbons (Fsp3) is 0.333.